The van der Waals surface area contributed by atoms with Gasteiger partial charge >= 0.3 is 0 Å². The lowest BCUT2D eigenvalue weighted by Crippen LogP contribution is -2.24. The molecule has 0 radical (unpaired) electrons. The standard InChI is InChI=1S/C15H26N2O/c1-10(2)12(11(3)4)9-17-13-7-6-8-14(18-5)15(13)16/h6-8,10-12,17H,9,16H2,1-5H3. The number of ether oxygens (including phenoxy) is 1. The summed E-state index contributed by atoms with van der Waals surface area (Å²) in [5.41, 5.74) is 7.69. The van der Waals surface area contributed by atoms with Crippen LogP contribution in [0.2, 0.25) is 0 Å². The van der Waals surface area contributed by atoms with E-state index in [1.54, 1.807) is 7.11 Å². The van der Waals surface area contributed by atoms with Crippen molar-refractivity contribution in [1.82, 2.24) is 0 Å². The first-order chi connectivity index (χ1) is 8.47. The van der Waals surface area contributed by atoms with E-state index in [0.717, 1.165) is 18.0 Å². The van der Waals surface area contributed by atoms with Crippen LogP contribution in [-0.4, -0.2) is 13.7 Å². The van der Waals surface area contributed by atoms with E-state index in [2.05, 4.69) is 33.0 Å². The van der Waals surface area contributed by atoms with Gasteiger partial charge in [-0.25, -0.2) is 0 Å². The fraction of sp³-hybridized carbons (Fsp3) is 0.600. The zero-order valence-electron chi connectivity index (χ0n) is 12.2. The summed E-state index contributed by atoms with van der Waals surface area (Å²) in [4.78, 5) is 0. The van der Waals surface area contributed by atoms with Crippen LogP contribution in [0.15, 0.2) is 18.2 Å². The van der Waals surface area contributed by atoms with Gasteiger partial charge in [-0.05, 0) is 29.9 Å². The van der Waals surface area contributed by atoms with Gasteiger partial charge in [-0.15, -0.1) is 0 Å². The minimum absolute atomic E-state index is 0.635. The van der Waals surface area contributed by atoms with Crippen LogP contribution in [0.4, 0.5) is 11.4 Å². The maximum absolute atomic E-state index is 6.04. The molecule has 1 rings (SSSR count). The molecule has 0 saturated heterocycles. The van der Waals surface area contributed by atoms with Gasteiger partial charge in [0.25, 0.3) is 0 Å². The Balaban J connectivity index is 2.73. The van der Waals surface area contributed by atoms with Crippen molar-refractivity contribution in [3.05, 3.63) is 18.2 Å². The molecule has 0 heterocycles. The first kappa shape index (κ1) is 14.7. The van der Waals surface area contributed by atoms with Crippen molar-refractivity contribution in [1.29, 1.82) is 0 Å². The number of nitrogens with two attached hydrogens (primary N) is 1. The van der Waals surface area contributed by atoms with Gasteiger partial charge in [0.05, 0.1) is 18.5 Å². The van der Waals surface area contributed by atoms with Crippen LogP contribution in [0.5, 0.6) is 5.75 Å². The third kappa shape index (κ3) is 3.56. The molecule has 18 heavy (non-hydrogen) atoms. The van der Waals surface area contributed by atoms with Crippen LogP contribution in [0.25, 0.3) is 0 Å². The van der Waals surface area contributed by atoms with E-state index in [4.69, 9.17) is 10.5 Å². The van der Waals surface area contributed by atoms with Gasteiger partial charge in [0.15, 0.2) is 0 Å². The molecule has 0 aliphatic rings. The van der Waals surface area contributed by atoms with Crippen molar-refractivity contribution in [3.8, 4) is 5.75 Å². The summed E-state index contributed by atoms with van der Waals surface area (Å²) in [5, 5.41) is 3.45. The molecule has 0 amide bonds. The largest absolute Gasteiger partial charge is 0.495 e. The predicted molar refractivity (Wildman–Crippen MR) is 79.1 cm³/mol. The molecule has 102 valence electrons. The fourth-order valence-electron chi connectivity index (χ4n) is 2.35. The molecule has 0 unspecified atom stereocenters. The molecule has 0 fully saturated rings. The van der Waals surface area contributed by atoms with E-state index < -0.39 is 0 Å². The zero-order chi connectivity index (χ0) is 13.7. The lowest BCUT2D eigenvalue weighted by molar-refractivity contribution is 0.304. The van der Waals surface area contributed by atoms with E-state index in [9.17, 15) is 0 Å². The van der Waals surface area contributed by atoms with Gasteiger partial charge in [-0.2, -0.15) is 0 Å². The number of hydrogen-bond donors (Lipinski definition) is 2. The van der Waals surface area contributed by atoms with Crippen LogP contribution in [0, 0.1) is 17.8 Å². The molecular formula is C15H26N2O. The predicted octanol–water partition coefficient (Wildman–Crippen LogP) is 3.62. The van der Waals surface area contributed by atoms with Gasteiger partial charge in [0, 0.05) is 6.54 Å². The highest BCUT2D eigenvalue weighted by atomic mass is 16.5. The van der Waals surface area contributed by atoms with Crippen LogP contribution in [0.3, 0.4) is 0 Å². The summed E-state index contributed by atoms with van der Waals surface area (Å²) < 4.78 is 5.22. The topological polar surface area (TPSA) is 47.3 Å². The molecule has 1 aromatic carbocycles. The molecule has 0 aliphatic heterocycles. The third-order valence-electron chi connectivity index (χ3n) is 3.53. The number of benzene rings is 1. The summed E-state index contributed by atoms with van der Waals surface area (Å²) in [5.74, 6) is 2.68. The number of para-hydroxylation sites is 1. The Morgan fingerprint density at radius 1 is 1.17 bits per heavy atom. The zero-order valence-corrected chi connectivity index (χ0v) is 12.2. The van der Waals surface area contributed by atoms with Crippen molar-refractivity contribution >= 4 is 11.4 Å². The van der Waals surface area contributed by atoms with Gasteiger partial charge in [0.1, 0.15) is 5.75 Å². The highest BCUT2D eigenvalue weighted by Crippen LogP contribution is 2.30. The molecule has 3 nitrogen and oxygen atoms in total. The normalized spacial score (nSPS) is 11.3. The van der Waals surface area contributed by atoms with Crippen molar-refractivity contribution in [2.75, 3.05) is 24.7 Å². The molecule has 0 spiro atoms. The van der Waals surface area contributed by atoms with Crippen LogP contribution in [-0.2, 0) is 0 Å². The molecular weight excluding hydrogens is 224 g/mol. The van der Waals surface area contributed by atoms with Gasteiger partial charge in [-0.3, -0.25) is 0 Å². The molecule has 0 aliphatic carbocycles. The monoisotopic (exact) mass is 250 g/mol. The smallest absolute Gasteiger partial charge is 0.143 e. The minimum atomic E-state index is 0.635. The first-order valence-corrected chi connectivity index (χ1v) is 6.63. The number of hydrogen-bond acceptors (Lipinski definition) is 3. The Hall–Kier alpha value is -1.38. The Kier molecular flexibility index (Phi) is 5.32. The van der Waals surface area contributed by atoms with Gasteiger partial charge in [0.2, 0.25) is 0 Å². The van der Waals surface area contributed by atoms with Crippen molar-refractivity contribution < 1.29 is 4.74 Å². The Morgan fingerprint density at radius 2 is 1.78 bits per heavy atom. The van der Waals surface area contributed by atoms with Crippen LogP contribution in [0.1, 0.15) is 27.7 Å². The molecule has 3 N–H and O–H groups in total. The van der Waals surface area contributed by atoms with Crippen LogP contribution >= 0.6 is 0 Å². The van der Waals surface area contributed by atoms with E-state index >= 15 is 0 Å². The maximum Gasteiger partial charge on any atom is 0.143 e. The molecule has 0 saturated carbocycles. The molecule has 0 atom stereocenters. The SMILES string of the molecule is COc1cccc(NCC(C(C)C)C(C)C)c1N. The lowest BCUT2D eigenvalue weighted by Gasteiger charge is -2.26. The maximum atomic E-state index is 6.04. The second-order valence-electron chi connectivity index (χ2n) is 5.45. The summed E-state index contributed by atoms with van der Waals surface area (Å²) >= 11 is 0. The Labute approximate surface area is 111 Å². The summed E-state index contributed by atoms with van der Waals surface area (Å²) in [7, 11) is 1.64. The highest BCUT2D eigenvalue weighted by molar-refractivity contribution is 5.72. The molecule has 0 aromatic heterocycles. The highest BCUT2D eigenvalue weighted by Gasteiger charge is 2.17. The Morgan fingerprint density at radius 3 is 2.28 bits per heavy atom. The van der Waals surface area contributed by atoms with E-state index in [0.29, 0.717) is 23.4 Å². The average molecular weight is 250 g/mol. The number of rotatable bonds is 6. The Bertz CT molecular complexity index is 367. The second-order valence-corrected chi connectivity index (χ2v) is 5.45. The van der Waals surface area contributed by atoms with Gasteiger partial charge < -0.3 is 15.8 Å². The summed E-state index contributed by atoms with van der Waals surface area (Å²) in [6.45, 7) is 10.00. The molecule has 3 heteroatoms. The number of nitrogens with one attached hydrogen (secondary N) is 1. The number of nitrogen functional groups attached to an aromatic ring is 1. The van der Waals surface area contributed by atoms with Crippen LogP contribution < -0.4 is 15.8 Å². The van der Waals surface area contributed by atoms with E-state index in [1.165, 1.54) is 0 Å². The average Bonchev–Trinajstić information content (AvgIpc) is 2.30. The van der Waals surface area contributed by atoms with E-state index in [-0.39, 0.29) is 0 Å². The van der Waals surface area contributed by atoms with E-state index in [1.807, 2.05) is 18.2 Å². The third-order valence-corrected chi connectivity index (χ3v) is 3.53. The van der Waals surface area contributed by atoms with Crippen molar-refractivity contribution in [2.45, 2.75) is 27.7 Å². The summed E-state index contributed by atoms with van der Waals surface area (Å²) in [6, 6.07) is 5.83. The number of anilines is 2. The lowest BCUT2D eigenvalue weighted by atomic mass is 9.85. The summed E-state index contributed by atoms with van der Waals surface area (Å²) in [6.07, 6.45) is 0. The van der Waals surface area contributed by atoms with Crippen molar-refractivity contribution in [2.24, 2.45) is 17.8 Å². The van der Waals surface area contributed by atoms with Crippen molar-refractivity contribution in [3.63, 3.8) is 0 Å². The quantitative estimate of drug-likeness (QED) is 0.758. The fourth-order valence-corrected chi connectivity index (χ4v) is 2.35. The molecule has 0 bridgehead atoms. The van der Waals surface area contributed by atoms with Gasteiger partial charge in [-0.1, -0.05) is 33.8 Å². The first-order valence-electron chi connectivity index (χ1n) is 6.63. The minimum Gasteiger partial charge on any atom is -0.495 e. The molecule has 1 aromatic rings. The second kappa shape index (κ2) is 6.53. The number of methoxy groups -OCH3 is 1.